The molecular weight excluding hydrogens is 430 g/mol. The zero-order chi connectivity index (χ0) is 23.3. The number of benzene rings is 2. The first-order valence-corrected chi connectivity index (χ1v) is 11.0. The fraction of sp³-hybridized carbons (Fsp3) is 0.391. The lowest BCUT2D eigenvalue weighted by Gasteiger charge is -2.23. The van der Waals surface area contributed by atoms with Gasteiger partial charge in [0.15, 0.2) is 16.6 Å². The summed E-state index contributed by atoms with van der Waals surface area (Å²) in [6.45, 7) is 3.68. The summed E-state index contributed by atoms with van der Waals surface area (Å²) in [6.07, 6.45) is 0. The SMILES string of the molecule is CCOc1ccc2nc(N(CCN(C)C)C(=O)c3cc(OC)c(OC)c(OC)c3)sc2c1. The summed E-state index contributed by atoms with van der Waals surface area (Å²) in [6, 6.07) is 9.07. The molecule has 3 aromatic rings. The second-order valence-corrected chi connectivity index (χ2v) is 8.24. The molecule has 172 valence electrons. The molecule has 0 unspecified atom stereocenters. The van der Waals surface area contributed by atoms with Crippen LogP contribution in [0.2, 0.25) is 0 Å². The summed E-state index contributed by atoms with van der Waals surface area (Å²) >= 11 is 1.46. The molecule has 0 bridgehead atoms. The number of rotatable bonds is 10. The summed E-state index contributed by atoms with van der Waals surface area (Å²) in [4.78, 5) is 22.1. The molecule has 0 radical (unpaired) electrons. The van der Waals surface area contributed by atoms with Gasteiger partial charge in [-0.1, -0.05) is 11.3 Å². The van der Waals surface area contributed by atoms with Crippen molar-refractivity contribution >= 4 is 32.6 Å². The highest BCUT2D eigenvalue weighted by molar-refractivity contribution is 7.22. The number of thiazole rings is 1. The third kappa shape index (κ3) is 5.05. The second kappa shape index (κ2) is 10.5. The number of carbonyl (C=O) groups is 1. The largest absolute Gasteiger partial charge is 0.494 e. The molecule has 2 aromatic carbocycles. The minimum absolute atomic E-state index is 0.199. The Labute approximate surface area is 192 Å². The summed E-state index contributed by atoms with van der Waals surface area (Å²) in [7, 11) is 8.52. The van der Waals surface area contributed by atoms with Gasteiger partial charge in [0, 0.05) is 18.7 Å². The molecule has 3 rings (SSSR count). The topological polar surface area (TPSA) is 73.4 Å². The number of carbonyl (C=O) groups excluding carboxylic acids is 1. The van der Waals surface area contributed by atoms with Gasteiger partial charge in [0.1, 0.15) is 5.75 Å². The Morgan fingerprint density at radius 1 is 1.00 bits per heavy atom. The maximum Gasteiger partial charge on any atom is 0.260 e. The molecule has 32 heavy (non-hydrogen) atoms. The van der Waals surface area contributed by atoms with Crippen LogP contribution in [0, 0.1) is 0 Å². The van der Waals surface area contributed by atoms with E-state index in [9.17, 15) is 4.79 Å². The predicted octanol–water partition coefficient (Wildman–Crippen LogP) is 3.93. The van der Waals surface area contributed by atoms with Crippen LogP contribution in [0.3, 0.4) is 0 Å². The summed E-state index contributed by atoms with van der Waals surface area (Å²) in [5.74, 6) is 1.87. The number of amides is 1. The van der Waals surface area contributed by atoms with E-state index in [-0.39, 0.29) is 5.91 Å². The van der Waals surface area contributed by atoms with Crippen LogP contribution in [-0.2, 0) is 0 Å². The lowest BCUT2D eigenvalue weighted by Crippen LogP contribution is -2.36. The van der Waals surface area contributed by atoms with Crippen LogP contribution in [0.4, 0.5) is 5.13 Å². The van der Waals surface area contributed by atoms with E-state index >= 15 is 0 Å². The fourth-order valence-corrected chi connectivity index (χ4v) is 4.23. The molecule has 1 heterocycles. The van der Waals surface area contributed by atoms with E-state index in [0.717, 1.165) is 16.0 Å². The molecule has 0 saturated heterocycles. The van der Waals surface area contributed by atoms with Crippen LogP contribution in [0.15, 0.2) is 30.3 Å². The number of hydrogen-bond acceptors (Lipinski definition) is 8. The van der Waals surface area contributed by atoms with Crippen molar-refractivity contribution in [3.05, 3.63) is 35.9 Å². The van der Waals surface area contributed by atoms with E-state index in [1.54, 1.807) is 17.0 Å². The highest BCUT2D eigenvalue weighted by atomic mass is 32.1. The van der Waals surface area contributed by atoms with E-state index in [2.05, 4.69) is 0 Å². The number of likely N-dealkylation sites (N-methyl/N-ethyl adjacent to an activating group) is 1. The zero-order valence-electron chi connectivity index (χ0n) is 19.3. The molecule has 0 aliphatic rings. The number of anilines is 1. The molecule has 0 aliphatic heterocycles. The molecule has 1 aromatic heterocycles. The molecule has 0 spiro atoms. The number of ether oxygens (including phenoxy) is 4. The molecule has 0 saturated carbocycles. The van der Waals surface area contributed by atoms with Crippen LogP contribution < -0.4 is 23.8 Å². The molecule has 1 amide bonds. The smallest absolute Gasteiger partial charge is 0.260 e. The Hall–Kier alpha value is -3.04. The van der Waals surface area contributed by atoms with Gasteiger partial charge in [-0.3, -0.25) is 9.69 Å². The molecule has 0 N–H and O–H groups in total. The Bertz CT molecular complexity index is 1060. The van der Waals surface area contributed by atoms with Crippen LogP contribution in [0.5, 0.6) is 23.0 Å². The van der Waals surface area contributed by atoms with Crippen LogP contribution >= 0.6 is 11.3 Å². The van der Waals surface area contributed by atoms with E-state index in [0.29, 0.717) is 47.6 Å². The Morgan fingerprint density at radius 2 is 1.69 bits per heavy atom. The van der Waals surface area contributed by atoms with Gasteiger partial charge in [0.2, 0.25) is 5.75 Å². The summed E-state index contributed by atoms with van der Waals surface area (Å²) in [5, 5.41) is 0.620. The minimum atomic E-state index is -0.199. The van der Waals surface area contributed by atoms with Gasteiger partial charge in [0.25, 0.3) is 5.91 Å². The van der Waals surface area contributed by atoms with Gasteiger partial charge in [-0.15, -0.1) is 0 Å². The number of hydrogen-bond donors (Lipinski definition) is 0. The first-order chi connectivity index (χ1) is 15.4. The maximum absolute atomic E-state index is 13.6. The van der Waals surface area contributed by atoms with E-state index in [4.69, 9.17) is 23.9 Å². The normalized spacial score (nSPS) is 11.0. The lowest BCUT2D eigenvalue weighted by atomic mass is 10.1. The first-order valence-electron chi connectivity index (χ1n) is 10.2. The van der Waals surface area contributed by atoms with E-state index in [1.807, 2.05) is 44.1 Å². The van der Waals surface area contributed by atoms with E-state index < -0.39 is 0 Å². The average Bonchev–Trinajstić information content (AvgIpc) is 3.20. The van der Waals surface area contributed by atoms with Crippen LogP contribution in [0.1, 0.15) is 17.3 Å². The number of fused-ring (bicyclic) bond motifs is 1. The zero-order valence-corrected chi connectivity index (χ0v) is 20.1. The molecule has 0 aliphatic carbocycles. The Morgan fingerprint density at radius 3 is 2.25 bits per heavy atom. The quantitative estimate of drug-likeness (QED) is 0.455. The van der Waals surface area contributed by atoms with E-state index in [1.165, 1.54) is 32.7 Å². The Kier molecular flexibility index (Phi) is 7.76. The standard InChI is InChI=1S/C23H29N3O5S/c1-7-31-16-8-9-17-20(14-16)32-23(24-17)26(11-10-25(2)3)22(27)15-12-18(28-4)21(30-6)19(13-15)29-5/h8-9,12-14H,7,10-11H2,1-6H3. The van der Waals surface area contributed by atoms with Crippen molar-refractivity contribution in [2.45, 2.75) is 6.92 Å². The number of aromatic nitrogens is 1. The minimum Gasteiger partial charge on any atom is -0.494 e. The molecule has 0 fully saturated rings. The van der Waals surface area contributed by atoms with Crippen molar-refractivity contribution in [3.63, 3.8) is 0 Å². The van der Waals surface area contributed by atoms with Gasteiger partial charge in [-0.05, 0) is 51.4 Å². The van der Waals surface area contributed by atoms with Gasteiger partial charge in [-0.25, -0.2) is 4.98 Å². The average molecular weight is 460 g/mol. The first kappa shape index (κ1) is 23.6. The van der Waals surface area contributed by atoms with Crippen molar-refractivity contribution in [2.75, 3.05) is 60.0 Å². The molecule has 0 atom stereocenters. The van der Waals surface area contributed by atoms with Crippen molar-refractivity contribution in [1.82, 2.24) is 9.88 Å². The second-order valence-electron chi connectivity index (χ2n) is 7.23. The molecule has 9 heteroatoms. The number of methoxy groups -OCH3 is 3. The van der Waals surface area contributed by atoms with Crippen molar-refractivity contribution in [3.8, 4) is 23.0 Å². The third-order valence-corrected chi connectivity index (χ3v) is 5.86. The van der Waals surface area contributed by atoms with Gasteiger partial charge < -0.3 is 23.8 Å². The summed E-state index contributed by atoms with van der Waals surface area (Å²) < 4.78 is 22.8. The summed E-state index contributed by atoms with van der Waals surface area (Å²) in [5.41, 5.74) is 1.24. The van der Waals surface area contributed by atoms with Crippen molar-refractivity contribution in [1.29, 1.82) is 0 Å². The monoisotopic (exact) mass is 459 g/mol. The fourth-order valence-electron chi connectivity index (χ4n) is 3.21. The Balaban J connectivity index is 2.04. The van der Waals surface area contributed by atoms with Crippen molar-refractivity contribution in [2.24, 2.45) is 0 Å². The highest BCUT2D eigenvalue weighted by Crippen LogP contribution is 2.39. The van der Waals surface area contributed by atoms with Gasteiger partial charge >= 0.3 is 0 Å². The highest BCUT2D eigenvalue weighted by Gasteiger charge is 2.25. The van der Waals surface area contributed by atoms with Crippen LogP contribution in [0.25, 0.3) is 10.2 Å². The number of nitrogens with zero attached hydrogens (tertiary/aromatic N) is 3. The van der Waals surface area contributed by atoms with Gasteiger partial charge in [-0.2, -0.15) is 0 Å². The van der Waals surface area contributed by atoms with Crippen molar-refractivity contribution < 1.29 is 23.7 Å². The third-order valence-electron chi connectivity index (χ3n) is 4.82. The maximum atomic E-state index is 13.6. The molecular formula is C23H29N3O5S. The van der Waals surface area contributed by atoms with Crippen LogP contribution in [-0.4, -0.2) is 70.9 Å². The van der Waals surface area contributed by atoms with Gasteiger partial charge in [0.05, 0.1) is 38.2 Å². The molecule has 8 nitrogen and oxygen atoms in total. The lowest BCUT2D eigenvalue weighted by molar-refractivity contribution is 0.0984. The predicted molar refractivity (Wildman–Crippen MR) is 127 cm³/mol.